The number of nitrogens with two attached hydrogens (primary N) is 1. The molecule has 1 aliphatic carbocycles. The molecule has 0 aromatic carbocycles. The molecule has 6 nitrogen and oxygen atoms in total. The first-order chi connectivity index (χ1) is 12.1. The second kappa shape index (κ2) is 6.74. The summed E-state index contributed by atoms with van der Waals surface area (Å²) in [5.74, 6) is -0.211. The van der Waals surface area contributed by atoms with Gasteiger partial charge >= 0.3 is 0 Å². The van der Waals surface area contributed by atoms with Gasteiger partial charge in [-0.2, -0.15) is 5.10 Å². The van der Waals surface area contributed by atoms with E-state index in [1.807, 2.05) is 24.4 Å². The molecule has 0 saturated heterocycles. The van der Waals surface area contributed by atoms with Crippen LogP contribution in [0.4, 0.5) is 0 Å². The number of pyridine rings is 1. The van der Waals surface area contributed by atoms with E-state index in [1.54, 1.807) is 10.7 Å². The maximum absolute atomic E-state index is 12.6. The van der Waals surface area contributed by atoms with Crippen LogP contribution in [0.25, 0.3) is 16.8 Å². The molecule has 0 bridgehead atoms. The lowest BCUT2D eigenvalue weighted by Crippen LogP contribution is -2.49. The fourth-order valence-electron chi connectivity index (χ4n) is 3.25. The van der Waals surface area contributed by atoms with Crippen LogP contribution in [-0.4, -0.2) is 32.6 Å². The zero-order chi connectivity index (χ0) is 17.4. The minimum Gasteiger partial charge on any atom is -0.346 e. The van der Waals surface area contributed by atoms with Crippen LogP contribution in [0.3, 0.4) is 0 Å². The normalized spacial score (nSPS) is 20.7. The van der Waals surface area contributed by atoms with E-state index in [0.717, 1.165) is 36.8 Å². The lowest BCUT2D eigenvalue weighted by atomic mass is 9.91. The van der Waals surface area contributed by atoms with Crippen molar-refractivity contribution in [3.05, 3.63) is 39.9 Å². The van der Waals surface area contributed by atoms with E-state index in [2.05, 4.69) is 15.4 Å². The van der Waals surface area contributed by atoms with Crippen molar-refractivity contribution in [2.75, 3.05) is 0 Å². The van der Waals surface area contributed by atoms with Gasteiger partial charge in [0, 0.05) is 23.8 Å². The number of hydrogen-bond donors (Lipinski definition) is 2. The summed E-state index contributed by atoms with van der Waals surface area (Å²) in [5, 5.41) is 7.67. The van der Waals surface area contributed by atoms with Gasteiger partial charge < -0.3 is 11.1 Å². The smallest absolute Gasteiger partial charge is 0.280 e. The van der Waals surface area contributed by atoms with Crippen LogP contribution in [-0.2, 0) is 0 Å². The number of nitrogens with one attached hydrogen (secondary N) is 1. The Bertz CT molecular complexity index is 921. The summed E-state index contributed by atoms with van der Waals surface area (Å²) in [4.78, 5) is 17.0. The van der Waals surface area contributed by atoms with Crippen molar-refractivity contribution in [2.24, 2.45) is 5.73 Å². The SMILES string of the molecule is NC1CCCCC1NC(=O)c1nc(-c2cnn3ccccc23)c(Cl)s1. The Morgan fingerprint density at radius 1 is 1.36 bits per heavy atom. The molecular weight excluding hydrogens is 358 g/mol. The van der Waals surface area contributed by atoms with Crippen molar-refractivity contribution in [3.8, 4) is 11.3 Å². The monoisotopic (exact) mass is 375 g/mol. The third-order valence-corrected chi connectivity index (χ3v) is 5.85. The Morgan fingerprint density at radius 3 is 3.04 bits per heavy atom. The van der Waals surface area contributed by atoms with Crippen molar-refractivity contribution in [3.63, 3.8) is 0 Å². The van der Waals surface area contributed by atoms with Crippen molar-refractivity contribution in [1.82, 2.24) is 19.9 Å². The second-order valence-electron chi connectivity index (χ2n) is 6.26. The van der Waals surface area contributed by atoms with Gasteiger partial charge in [0.1, 0.15) is 10.0 Å². The number of carbonyl (C=O) groups excluding carboxylic acids is 1. The van der Waals surface area contributed by atoms with Gasteiger partial charge in [-0.3, -0.25) is 4.79 Å². The molecule has 4 rings (SSSR count). The molecule has 3 heterocycles. The lowest BCUT2D eigenvalue weighted by molar-refractivity contribution is 0.0921. The molecular formula is C17H18ClN5OS. The van der Waals surface area contributed by atoms with Crippen LogP contribution in [0.15, 0.2) is 30.6 Å². The number of fused-ring (bicyclic) bond motifs is 1. The largest absolute Gasteiger partial charge is 0.346 e. The number of thiazole rings is 1. The van der Waals surface area contributed by atoms with E-state index < -0.39 is 0 Å². The van der Waals surface area contributed by atoms with E-state index >= 15 is 0 Å². The molecule has 1 aliphatic rings. The Labute approximate surface area is 154 Å². The van der Waals surface area contributed by atoms with Gasteiger partial charge in [0.05, 0.1) is 11.7 Å². The molecule has 130 valence electrons. The third kappa shape index (κ3) is 3.15. The fourth-order valence-corrected chi connectivity index (χ4v) is 4.32. The average Bonchev–Trinajstić information content (AvgIpc) is 3.20. The van der Waals surface area contributed by atoms with Gasteiger partial charge in [-0.1, -0.05) is 41.8 Å². The molecule has 0 radical (unpaired) electrons. The molecule has 1 saturated carbocycles. The van der Waals surface area contributed by atoms with E-state index in [9.17, 15) is 4.79 Å². The number of rotatable bonds is 3. The molecule has 1 amide bonds. The highest BCUT2D eigenvalue weighted by Gasteiger charge is 2.26. The van der Waals surface area contributed by atoms with E-state index in [1.165, 1.54) is 11.3 Å². The molecule has 2 unspecified atom stereocenters. The molecule has 0 spiro atoms. The first-order valence-corrected chi connectivity index (χ1v) is 9.48. The molecule has 1 fully saturated rings. The summed E-state index contributed by atoms with van der Waals surface area (Å²) in [6, 6.07) is 5.78. The summed E-state index contributed by atoms with van der Waals surface area (Å²) >= 11 is 7.55. The zero-order valence-corrected chi connectivity index (χ0v) is 15.1. The Balaban J connectivity index is 1.60. The van der Waals surface area contributed by atoms with E-state index in [-0.39, 0.29) is 18.0 Å². The number of aromatic nitrogens is 3. The van der Waals surface area contributed by atoms with Crippen molar-refractivity contribution >= 4 is 34.4 Å². The first-order valence-electron chi connectivity index (χ1n) is 8.29. The zero-order valence-electron chi connectivity index (χ0n) is 13.5. The molecule has 2 atom stereocenters. The minimum absolute atomic E-state index is 0.00403. The van der Waals surface area contributed by atoms with Gasteiger partial charge in [-0.25, -0.2) is 9.50 Å². The van der Waals surface area contributed by atoms with Crippen molar-refractivity contribution < 1.29 is 4.79 Å². The lowest BCUT2D eigenvalue weighted by Gasteiger charge is -2.28. The van der Waals surface area contributed by atoms with E-state index in [0.29, 0.717) is 15.0 Å². The quantitative estimate of drug-likeness (QED) is 0.736. The van der Waals surface area contributed by atoms with Crippen LogP contribution in [0, 0.1) is 0 Å². The molecule has 0 aliphatic heterocycles. The highest BCUT2D eigenvalue weighted by Crippen LogP contribution is 2.34. The van der Waals surface area contributed by atoms with Crippen LogP contribution in [0.1, 0.15) is 35.5 Å². The molecule has 3 N–H and O–H groups in total. The molecule has 8 heteroatoms. The van der Waals surface area contributed by atoms with Crippen LogP contribution in [0.2, 0.25) is 4.34 Å². The summed E-state index contributed by atoms with van der Waals surface area (Å²) in [5.41, 5.74) is 8.41. The fraction of sp³-hybridized carbons (Fsp3) is 0.353. The summed E-state index contributed by atoms with van der Waals surface area (Å²) < 4.78 is 2.24. The Morgan fingerprint density at radius 2 is 2.20 bits per heavy atom. The van der Waals surface area contributed by atoms with Gasteiger partial charge in [-0.15, -0.1) is 0 Å². The Kier molecular flexibility index (Phi) is 4.45. The average molecular weight is 376 g/mol. The standard InChI is InChI=1S/C17H18ClN5OS/c18-15-14(10-9-20-23-8-4-3-7-13(10)23)22-17(25-15)16(24)21-12-6-2-1-5-11(12)19/h3-4,7-9,11-12H,1-2,5-6,19H2,(H,21,24). The van der Waals surface area contributed by atoms with Gasteiger partial charge in [-0.05, 0) is 25.0 Å². The number of halogens is 1. The van der Waals surface area contributed by atoms with Gasteiger partial charge in [0.25, 0.3) is 5.91 Å². The third-order valence-electron chi connectivity index (χ3n) is 4.60. The number of amides is 1. The summed E-state index contributed by atoms with van der Waals surface area (Å²) in [7, 11) is 0. The predicted octanol–water partition coefficient (Wildman–Crippen LogP) is 3.11. The van der Waals surface area contributed by atoms with Crippen LogP contribution in [0.5, 0.6) is 0 Å². The minimum atomic E-state index is -0.211. The summed E-state index contributed by atoms with van der Waals surface area (Å²) in [6.07, 6.45) is 7.64. The van der Waals surface area contributed by atoms with E-state index in [4.69, 9.17) is 17.3 Å². The number of carbonyl (C=O) groups is 1. The van der Waals surface area contributed by atoms with Gasteiger partial charge in [0.2, 0.25) is 0 Å². The summed E-state index contributed by atoms with van der Waals surface area (Å²) in [6.45, 7) is 0. The predicted molar refractivity (Wildman–Crippen MR) is 99.0 cm³/mol. The molecule has 25 heavy (non-hydrogen) atoms. The number of nitrogens with zero attached hydrogens (tertiary/aromatic N) is 3. The van der Waals surface area contributed by atoms with Crippen LogP contribution < -0.4 is 11.1 Å². The first kappa shape index (κ1) is 16.5. The van der Waals surface area contributed by atoms with Gasteiger partial charge in [0.15, 0.2) is 5.01 Å². The van der Waals surface area contributed by atoms with Crippen LogP contribution >= 0.6 is 22.9 Å². The maximum Gasteiger partial charge on any atom is 0.280 e. The van der Waals surface area contributed by atoms with Crippen molar-refractivity contribution in [2.45, 2.75) is 37.8 Å². The second-order valence-corrected chi connectivity index (χ2v) is 7.86. The van der Waals surface area contributed by atoms with Crippen molar-refractivity contribution in [1.29, 1.82) is 0 Å². The molecule has 3 aromatic rings. The molecule has 3 aromatic heterocycles. The maximum atomic E-state index is 12.6. The number of hydrogen-bond acceptors (Lipinski definition) is 5. The highest BCUT2D eigenvalue weighted by molar-refractivity contribution is 7.18. The topological polar surface area (TPSA) is 85.3 Å². The highest BCUT2D eigenvalue weighted by atomic mass is 35.5. The Hall–Kier alpha value is -1.96.